The van der Waals surface area contributed by atoms with Gasteiger partial charge in [-0.15, -0.1) is 0 Å². The number of hydrogen-bond donors (Lipinski definition) is 0. The lowest BCUT2D eigenvalue weighted by atomic mass is 9.72. The van der Waals surface area contributed by atoms with Gasteiger partial charge in [-0.1, -0.05) is 19.8 Å². The quantitative estimate of drug-likeness (QED) is 0.771. The molecule has 0 bridgehead atoms. The van der Waals surface area contributed by atoms with E-state index in [9.17, 15) is 4.79 Å². The zero-order chi connectivity index (χ0) is 17.8. The number of hydrogen-bond acceptors (Lipinski definition) is 3. The average molecular weight is 343 g/mol. The lowest BCUT2D eigenvalue weighted by Crippen LogP contribution is -2.51. The number of rotatable bonds is 4. The first kappa shape index (κ1) is 17.8. The minimum Gasteiger partial charge on any atom is -0.497 e. The monoisotopic (exact) mass is 343 g/mol. The van der Waals surface area contributed by atoms with Crippen molar-refractivity contribution in [2.24, 2.45) is 11.8 Å². The van der Waals surface area contributed by atoms with Gasteiger partial charge in [-0.05, 0) is 49.3 Å². The van der Waals surface area contributed by atoms with E-state index in [1.807, 2.05) is 24.3 Å². The second-order valence-electron chi connectivity index (χ2n) is 7.25. The first-order valence-electron chi connectivity index (χ1n) is 9.34. The fourth-order valence-corrected chi connectivity index (χ4v) is 4.40. The Bertz CT molecular complexity index is 640. The molecule has 2 fully saturated rings. The lowest BCUT2D eigenvalue weighted by Gasteiger charge is -2.47. The van der Waals surface area contributed by atoms with Crippen molar-refractivity contribution < 1.29 is 14.3 Å². The third-order valence-corrected chi connectivity index (χ3v) is 5.87. The molecule has 1 aromatic carbocycles. The number of amides is 1. The third-order valence-electron chi connectivity index (χ3n) is 5.87. The number of likely N-dealkylation sites (tertiary alicyclic amines) is 1. The molecular formula is C21H29NO3. The van der Waals surface area contributed by atoms with E-state index in [1.54, 1.807) is 20.3 Å². The highest BCUT2D eigenvalue weighted by atomic mass is 16.5. The summed E-state index contributed by atoms with van der Waals surface area (Å²) in [4.78, 5) is 14.9. The van der Waals surface area contributed by atoms with Gasteiger partial charge in [-0.25, -0.2) is 0 Å². The van der Waals surface area contributed by atoms with Crippen LogP contribution in [0.2, 0.25) is 0 Å². The first-order chi connectivity index (χ1) is 12.1. The number of carbonyl (C=O) groups excluding carboxylic acids is 1. The summed E-state index contributed by atoms with van der Waals surface area (Å²) in [7, 11) is 3.26. The molecule has 4 heteroatoms. The summed E-state index contributed by atoms with van der Waals surface area (Å²) in [5, 5.41) is 0. The minimum absolute atomic E-state index is 0.127. The van der Waals surface area contributed by atoms with Gasteiger partial charge in [0.25, 0.3) is 0 Å². The van der Waals surface area contributed by atoms with Gasteiger partial charge in [0.2, 0.25) is 5.91 Å². The topological polar surface area (TPSA) is 38.8 Å². The Morgan fingerprint density at radius 1 is 1.16 bits per heavy atom. The van der Waals surface area contributed by atoms with Crippen molar-refractivity contribution in [3.05, 3.63) is 29.8 Å². The number of fused-ring (bicyclic) bond motifs is 1. The van der Waals surface area contributed by atoms with E-state index in [2.05, 4.69) is 11.8 Å². The molecular weight excluding hydrogens is 314 g/mol. The SMILES string of the molecule is COc1ccc(C=CC(=O)N2CCC(C)C3CCCCC32)c(OC)c1. The summed E-state index contributed by atoms with van der Waals surface area (Å²) in [5.74, 6) is 3.00. The Labute approximate surface area is 150 Å². The molecule has 25 heavy (non-hydrogen) atoms. The van der Waals surface area contributed by atoms with Gasteiger partial charge in [0.05, 0.1) is 14.2 Å². The summed E-state index contributed by atoms with van der Waals surface area (Å²) >= 11 is 0. The highest BCUT2D eigenvalue weighted by Gasteiger charge is 2.38. The molecule has 3 rings (SSSR count). The number of nitrogens with zero attached hydrogens (tertiary/aromatic N) is 1. The number of methoxy groups -OCH3 is 2. The largest absolute Gasteiger partial charge is 0.497 e. The van der Waals surface area contributed by atoms with Gasteiger partial charge in [0, 0.05) is 30.3 Å². The number of piperidine rings is 1. The van der Waals surface area contributed by atoms with Crippen LogP contribution in [0, 0.1) is 11.8 Å². The van der Waals surface area contributed by atoms with Gasteiger partial charge in [0.15, 0.2) is 0 Å². The van der Waals surface area contributed by atoms with Crippen LogP contribution in [0.1, 0.15) is 44.6 Å². The molecule has 0 N–H and O–H groups in total. The highest BCUT2D eigenvalue weighted by molar-refractivity contribution is 5.92. The van der Waals surface area contributed by atoms with Crippen LogP contribution < -0.4 is 9.47 Å². The van der Waals surface area contributed by atoms with Gasteiger partial charge in [-0.3, -0.25) is 4.79 Å². The van der Waals surface area contributed by atoms with E-state index in [0.717, 1.165) is 36.6 Å². The van der Waals surface area contributed by atoms with Crippen molar-refractivity contribution in [2.45, 2.75) is 45.1 Å². The molecule has 1 saturated carbocycles. The Hall–Kier alpha value is -1.97. The molecule has 1 amide bonds. The average Bonchev–Trinajstić information content (AvgIpc) is 2.66. The van der Waals surface area contributed by atoms with E-state index in [1.165, 1.54) is 19.3 Å². The predicted molar refractivity (Wildman–Crippen MR) is 99.8 cm³/mol. The summed E-state index contributed by atoms with van der Waals surface area (Å²) in [5.41, 5.74) is 0.891. The van der Waals surface area contributed by atoms with Crippen LogP contribution in [-0.2, 0) is 4.79 Å². The second kappa shape index (κ2) is 7.94. The second-order valence-corrected chi connectivity index (χ2v) is 7.25. The summed E-state index contributed by atoms with van der Waals surface area (Å²) in [6.45, 7) is 3.23. The van der Waals surface area contributed by atoms with Crippen molar-refractivity contribution in [2.75, 3.05) is 20.8 Å². The van der Waals surface area contributed by atoms with Crippen LogP contribution in [-0.4, -0.2) is 37.6 Å². The maximum atomic E-state index is 12.8. The van der Waals surface area contributed by atoms with Gasteiger partial charge < -0.3 is 14.4 Å². The molecule has 0 aromatic heterocycles. The molecule has 2 aliphatic rings. The summed E-state index contributed by atoms with van der Waals surface area (Å²) < 4.78 is 10.6. The molecule has 3 atom stereocenters. The van der Waals surface area contributed by atoms with E-state index in [0.29, 0.717) is 17.7 Å². The predicted octanol–water partition coefficient (Wildman–Crippen LogP) is 4.14. The van der Waals surface area contributed by atoms with E-state index < -0.39 is 0 Å². The van der Waals surface area contributed by atoms with Crippen molar-refractivity contribution in [1.82, 2.24) is 4.90 Å². The highest BCUT2D eigenvalue weighted by Crippen LogP contribution is 2.39. The van der Waals surface area contributed by atoms with E-state index in [4.69, 9.17) is 9.47 Å². The van der Waals surface area contributed by atoms with Crippen molar-refractivity contribution >= 4 is 12.0 Å². The molecule has 1 saturated heterocycles. The molecule has 0 radical (unpaired) electrons. The molecule has 1 heterocycles. The zero-order valence-corrected chi connectivity index (χ0v) is 15.5. The lowest BCUT2D eigenvalue weighted by molar-refractivity contribution is -0.133. The van der Waals surface area contributed by atoms with Crippen molar-refractivity contribution in [3.63, 3.8) is 0 Å². The Morgan fingerprint density at radius 2 is 1.96 bits per heavy atom. The molecule has 136 valence electrons. The smallest absolute Gasteiger partial charge is 0.246 e. The van der Waals surface area contributed by atoms with E-state index >= 15 is 0 Å². The standard InChI is InChI=1S/C21H29NO3/c1-15-12-13-22(19-7-5-4-6-18(15)19)21(23)11-9-16-8-10-17(24-2)14-20(16)25-3/h8-11,14-15,18-19H,4-7,12-13H2,1-3H3. The van der Waals surface area contributed by atoms with Crippen LogP contribution in [0.15, 0.2) is 24.3 Å². The molecule has 4 nitrogen and oxygen atoms in total. The van der Waals surface area contributed by atoms with Crippen LogP contribution in [0.4, 0.5) is 0 Å². The van der Waals surface area contributed by atoms with Crippen LogP contribution >= 0.6 is 0 Å². The van der Waals surface area contributed by atoms with Gasteiger partial charge in [0.1, 0.15) is 11.5 Å². The first-order valence-corrected chi connectivity index (χ1v) is 9.34. The van der Waals surface area contributed by atoms with Crippen LogP contribution in [0.25, 0.3) is 6.08 Å². The fraction of sp³-hybridized carbons (Fsp3) is 0.571. The van der Waals surface area contributed by atoms with Gasteiger partial charge >= 0.3 is 0 Å². The molecule has 1 aliphatic heterocycles. The van der Waals surface area contributed by atoms with Crippen LogP contribution in [0.5, 0.6) is 11.5 Å². The third kappa shape index (κ3) is 3.83. The Kier molecular flexibility index (Phi) is 5.67. The number of ether oxygens (including phenoxy) is 2. The van der Waals surface area contributed by atoms with Crippen molar-refractivity contribution in [1.29, 1.82) is 0 Å². The maximum absolute atomic E-state index is 12.8. The normalized spacial score (nSPS) is 26.4. The Morgan fingerprint density at radius 3 is 2.72 bits per heavy atom. The molecule has 1 aliphatic carbocycles. The maximum Gasteiger partial charge on any atom is 0.246 e. The minimum atomic E-state index is 0.127. The summed E-state index contributed by atoms with van der Waals surface area (Å²) in [6, 6.07) is 6.06. The Balaban J connectivity index is 1.74. The molecule has 3 unspecified atom stereocenters. The number of carbonyl (C=O) groups is 1. The van der Waals surface area contributed by atoms with Gasteiger partial charge in [-0.2, -0.15) is 0 Å². The summed E-state index contributed by atoms with van der Waals surface area (Å²) in [6.07, 6.45) is 9.65. The van der Waals surface area contributed by atoms with Crippen molar-refractivity contribution in [3.8, 4) is 11.5 Å². The number of benzene rings is 1. The molecule has 1 aromatic rings. The van der Waals surface area contributed by atoms with Crippen LogP contribution in [0.3, 0.4) is 0 Å². The van der Waals surface area contributed by atoms with E-state index in [-0.39, 0.29) is 5.91 Å². The zero-order valence-electron chi connectivity index (χ0n) is 15.5. The fourth-order valence-electron chi connectivity index (χ4n) is 4.40. The molecule has 0 spiro atoms.